The van der Waals surface area contributed by atoms with E-state index in [1.807, 2.05) is 54.6 Å². The topological polar surface area (TPSA) is 81.8 Å². The van der Waals surface area contributed by atoms with E-state index in [2.05, 4.69) is 0 Å². The summed E-state index contributed by atoms with van der Waals surface area (Å²) >= 11 is 0. The Balaban J connectivity index is 1.90. The number of benzene rings is 2. The van der Waals surface area contributed by atoms with Crippen LogP contribution in [0.15, 0.2) is 54.6 Å². The molecule has 21 heavy (non-hydrogen) atoms. The van der Waals surface area contributed by atoms with Crippen LogP contribution in [0.3, 0.4) is 0 Å². The number of carboxylic acids is 1. The summed E-state index contributed by atoms with van der Waals surface area (Å²) < 4.78 is 10.7. The van der Waals surface area contributed by atoms with Crippen molar-refractivity contribution in [2.75, 3.05) is 13.2 Å². The quantitative estimate of drug-likeness (QED) is 0.818. The lowest BCUT2D eigenvalue weighted by atomic mass is 10.1. The number of carbonyl (C=O) groups is 1. The summed E-state index contributed by atoms with van der Waals surface area (Å²) in [5.74, 6) is 0.469. The molecule has 5 nitrogen and oxygen atoms in total. The van der Waals surface area contributed by atoms with Crippen molar-refractivity contribution in [2.24, 2.45) is 5.73 Å². The highest BCUT2D eigenvalue weighted by molar-refractivity contribution is 5.67. The second-order valence-corrected chi connectivity index (χ2v) is 4.50. The first kappa shape index (κ1) is 15.0. The number of aliphatic carboxylic acids is 1. The fraction of sp³-hybridized carbons (Fsp3) is 0.188. The summed E-state index contributed by atoms with van der Waals surface area (Å²) in [7, 11) is 0. The summed E-state index contributed by atoms with van der Waals surface area (Å²) in [6.45, 7) is -0.186. The first-order valence-electron chi connectivity index (χ1n) is 6.53. The maximum Gasteiger partial charge on any atom is 0.329 e. The van der Waals surface area contributed by atoms with Crippen LogP contribution in [0.2, 0.25) is 0 Å². The van der Waals surface area contributed by atoms with Crippen LogP contribution in [0, 0.1) is 0 Å². The van der Waals surface area contributed by atoms with Gasteiger partial charge in [0.15, 0.2) is 0 Å². The molecule has 1 atom stereocenters. The second kappa shape index (κ2) is 7.42. The second-order valence-electron chi connectivity index (χ2n) is 4.50. The molecule has 0 bridgehead atoms. The molecule has 0 saturated heterocycles. The number of hydrogen-bond acceptors (Lipinski definition) is 4. The minimum absolute atomic E-state index is 0.158. The van der Waals surface area contributed by atoms with Gasteiger partial charge in [-0.15, -0.1) is 0 Å². The molecule has 0 radical (unpaired) electrons. The van der Waals surface area contributed by atoms with Crippen molar-refractivity contribution >= 4 is 5.97 Å². The van der Waals surface area contributed by atoms with E-state index in [-0.39, 0.29) is 19.3 Å². The van der Waals surface area contributed by atoms with Crippen molar-refractivity contribution in [3.8, 4) is 11.5 Å². The standard InChI is InChI=1S/C16H17NO4/c17-15(10-20-11-16(18)19)12-6-8-14(9-7-12)21-13-4-2-1-3-5-13/h1-9,15H,10-11,17H2,(H,18,19). The molecule has 0 aliphatic heterocycles. The third kappa shape index (κ3) is 4.91. The zero-order valence-corrected chi connectivity index (χ0v) is 11.4. The molecule has 0 amide bonds. The van der Waals surface area contributed by atoms with Crippen LogP contribution in [-0.2, 0) is 9.53 Å². The van der Waals surface area contributed by atoms with Crippen molar-refractivity contribution in [1.29, 1.82) is 0 Å². The van der Waals surface area contributed by atoms with Gasteiger partial charge in [-0.2, -0.15) is 0 Å². The smallest absolute Gasteiger partial charge is 0.329 e. The van der Waals surface area contributed by atoms with Gasteiger partial charge in [0.1, 0.15) is 18.1 Å². The zero-order chi connectivity index (χ0) is 15.1. The largest absolute Gasteiger partial charge is 0.480 e. The molecule has 0 spiro atoms. The van der Waals surface area contributed by atoms with Gasteiger partial charge in [0.2, 0.25) is 0 Å². The first-order valence-corrected chi connectivity index (χ1v) is 6.53. The Hall–Kier alpha value is -2.37. The highest BCUT2D eigenvalue weighted by atomic mass is 16.5. The lowest BCUT2D eigenvalue weighted by Gasteiger charge is -2.12. The monoisotopic (exact) mass is 287 g/mol. The van der Waals surface area contributed by atoms with E-state index in [9.17, 15) is 4.79 Å². The van der Waals surface area contributed by atoms with Gasteiger partial charge in [-0.25, -0.2) is 4.79 Å². The molecule has 0 saturated carbocycles. The maximum atomic E-state index is 10.4. The van der Waals surface area contributed by atoms with Crippen molar-refractivity contribution in [1.82, 2.24) is 0 Å². The third-order valence-corrected chi connectivity index (χ3v) is 2.81. The molecule has 3 N–H and O–H groups in total. The molecule has 0 aliphatic rings. The van der Waals surface area contributed by atoms with Gasteiger partial charge in [0, 0.05) is 0 Å². The van der Waals surface area contributed by atoms with Gasteiger partial charge >= 0.3 is 5.97 Å². The highest BCUT2D eigenvalue weighted by Crippen LogP contribution is 2.22. The van der Waals surface area contributed by atoms with Crippen molar-refractivity contribution < 1.29 is 19.4 Å². The molecule has 0 aromatic heterocycles. The fourth-order valence-corrected chi connectivity index (χ4v) is 1.78. The van der Waals surface area contributed by atoms with Crippen LogP contribution < -0.4 is 10.5 Å². The molecule has 2 rings (SSSR count). The molecule has 5 heteroatoms. The van der Waals surface area contributed by atoms with Crippen LogP contribution in [0.5, 0.6) is 11.5 Å². The molecule has 110 valence electrons. The summed E-state index contributed by atoms with van der Waals surface area (Å²) in [6.07, 6.45) is 0. The lowest BCUT2D eigenvalue weighted by Crippen LogP contribution is -2.19. The molecule has 0 heterocycles. The SMILES string of the molecule is NC(COCC(=O)O)c1ccc(Oc2ccccc2)cc1. The predicted molar refractivity (Wildman–Crippen MR) is 78.3 cm³/mol. The van der Waals surface area contributed by atoms with Gasteiger partial charge in [-0.05, 0) is 29.8 Å². The Morgan fingerprint density at radius 3 is 2.29 bits per heavy atom. The molecule has 2 aromatic rings. The van der Waals surface area contributed by atoms with E-state index >= 15 is 0 Å². The van der Waals surface area contributed by atoms with Crippen LogP contribution in [0.1, 0.15) is 11.6 Å². The normalized spacial score (nSPS) is 11.9. The number of ether oxygens (including phenoxy) is 2. The van der Waals surface area contributed by atoms with Gasteiger partial charge in [-0.1, -0.05) is 30.3 Å². The molecular weight excluding hydrogens is 270 g/mol. The molecular formula is C16H17NO4. The van der Waals surface area contributed by atoms with Crippen molar-refractivity contribution in [3.05, 3.63) is 60.2 Å². The van der Waals surface area contributed by atoms with E-state index in [0.717, 1.165) is 11.3 Å². The number of rotatable bonds is 7. The Morgan fingerprint density at radius 2 is 1.67 bits per heavy atom. The van der Waals surface area contributed by atoms with Crippen molar-refractivity contribution in [3.63, 3.8) is 0 Å². The molecule has 0 fully saturated rings. The number of nitrogens with two attached hydrogens (primary N) is 1. The van der Waals surface area contributed by atoms with Gasteiger partial charge in [-0.3, -0.25) is 0 Å². The van der Waals surface area contributed by atoms with Crippen LogP contribution in [0.4, 0.5) is 0 Å². The van der Waals surface area contributed by atoms with Crippen LogP contribution in [-0.4, -0.2) is 24.3 Å². The predicted octanol–water partition coefficient (Wildman–Crippen LogP) is 2.58. The lowest BCUT2D eigenvalue weighted by molar-refractivity contribution is -0.142. The molecule has 0 aliphatic carbocycles. The number of para-hydroxylation sites is 1. The Labute approximate surface area is 122 Å². The van der Waals surface area contributed by atoms with Gasteiger partial charge in [0.05, 0.1) is 12.6 Å². The van der Waals surface area contributed by atoms with E-state index in [1.165, 1.54) is 0 Å². The number of hydrogen-bond donors (Lipinski definition) is 2. The van der Waals surface area contributed by atoms with Crippen LogP contribution >= 0.6 is 0 Å². The van der Waals surface area contributed by atoms with Gasteiger partial charge in [0.25, 0.3) is 0 Å². The molecule has 2 aromatic carbocycles. The maximum absolute atomic E-state index is 10.4. The molecule has 1 unspecified atom stereocenters. The minimum Gasteiger partial charge on any atom is -0.480 e. The first-order chi connectivity index (χ1) is 10.1. The third-order valence-electron chi connectivity index (χ3n) is 2.81. The summed E-state index contributed by atoms with van der Waals surface area (Å²) in [4.78, 5) is 10.4. The summed E-state index contributed by atoms with van der Waals surface area (Å²) in [5, 5.41) is 8.49. The zero-order valence-electron chi connectivity index (χ0n) is 11.4. The van der Waals surface area contributed by atoms with E-state index in [4.69, 9.17) is 20.3 Å². The Bertz CT molecular complexity index is 569. The highest BCUT2D eigenvalue weighted by Gasteiger charge is 2.08. The number of carboxylic acid groups (broad SMARTS) is 1. The average Bonchev–Trinajstić information content (AvgIpc) is 2.48. The van der Waals surface area contributed by atoms with E-state index < -0.39 is 5.97 Å². The summed E-state index contributed by atoms with van der Waals surface area (Å²) in [6, 6.07) is 16.4. The Morgan fingerprint density at radius 1 is 1.05 bits per heavy atom. The van der Waals surface area contributed by atoms with E-state index in [0.29, 0.717) is 5.75 Å². The average molecular weight is 287 g/mol. The minimum atomic E-state index is -1.01. The van der Waals surface area contributed by atoms with Crippen LogP contribution in [0.25, 0.3) is 0 Å². The van der Waals surface area contributed by atoms with E-state index in [1.54, 1.807) is 0 Å². The summed E-state index contributed by atoms with van der Waals surface area (Å²) in [5.41, 5.74) is 6.79. The van der Waals surface area contributed by atoms with Gasteiger partial charge < -0.3 is 20.3 Å². The van der Waals surface area contributed by atoms with Crippen molar-refractivity contribution in [2.45, 2.75) is 6.04 Å². The Kier molecular flexibility index (Phi) is 5.31. The fourth-order valence-electron chi connectivity index (χ4n) is 1.78.